The van der Waals surface area contributed by atoms with Crippen LogP contribution in [-0.4, -0.2) is 33.9 Å². The van der Waals surface area contributed by atoms with E-state index in [0.29, 0.717) is 12.2 Å². The van der Waals surface area contributed by atoms with Gasteiger partial charge in [-0.05, 0) is 30.2 Å². The summed E-state index contributed by atoms with van der Waals surface area (Å²) in [4.78, 5) is 22.6. The van der Waals surface area contributed by atoms with Gasteiger partial charge in [-0.2, -0.15) is 0 Å². The lowest BCUT2D eigenvalue weighted by Crippen LogP contribution is -2.29. The molecule has 19 heavy (non-hydrogen) atoms. The highest BCUT2D eigenvalue weighted by molar-refractivity contribution is 5.78. The number of nitrogens with zero attached hydrogens (tertiary/aromatic N) is 3. The number of carbonyl (C=O) groups is 1. The van der Waals surface area contributed by atoms with Crippen LogP contribution in [0.2, 0.25) is 0 Å². The predicted molar refractivity (Wildman–Crippen MR) is 74.9 cm³/mol. The molecule has 0 N–H and O–H groups in total. The fourth-order valence-corrected chi connectivity index (χ4v) is 2.21. The van der Waals surface area contributed by atoms with Crippen molar-refractivity contribution >= 4 is 5.91 Å². The highest BCUT2D eigenvalue weighted by atomic mass is 16.2. The van der Waals surface area contributed by atoms with Crippen LogP contribution in [0, 0.1) is 0 Å². The highest BCUT2D eigenvalue weighted by Gasteiger charge is 2.21. The third-order valence-corrected chi connectivity index (χ3v) is 4.14. The molecule has 1 aromatic heterocycles. The van der Waals surface area contributed by atoms with Gasteiger partial charge in [0.1, 0.15) is 5.82 Å². The van der Waals surface area contributed by atoms with Crippen molar-refractivity contribution in [1.29, 1.82) is 0 Å². The Morgan fingerprint density at radius 2 is 1.84 bits per heavy atom. The van der Waals surface area contributed by atoms with E-state index >= 15 is 0 Å². The van der Waals surface area contributed by atoms with E-state index in [1.165, 1.54) is 0 Å². The molecule has 0 unspecified atom stereocenters. The molecular formula is C15H23N3O. The molecule has 4 heteroatoms. The Labute approximate surface area is 115 Å². The quantitative estimate of drug-likeness (QED) is 0.835. The average Bonchev–Trinajstić information content (AvgIpc) is 2.93. The lowest BCUT2D eigenvalue weighted by Gasteiger charge is -2.22. The molecule has 1 aliphatic rings. The summed E-state index contributed by atoms with van der Waals surface area (Å²) in [6.07, 6.45) is 7.34. The summed E-state index contributed by atoms with van der Waals surface area (Å²) in [6, 6.07) is 0. The second kappa shape index (κ2) is 5.68. The molecule has 1 saturated heterocycles. The number of rotatable bonds is 4. The molecule has 2 rings (SSSR count). The first-order chi connectivity index (χ1) is 9.03. The standard InChI is InChI=1S/C15H23N3O/c1-4-15(2,3)12-10-16-13(17-11-12)9-14(19)18-7-5-6-8-18/h10-11H,4-9H2,1-3H3. The Balaban J connectivity index is 2.00. The van der Waals surface area contributed by atoms with Crippen molar-refractivity contribution < 1.29 is 4.79 Å². The maximum atomic E-state index is 12.0. The minimum absolute atomic E-state index is 0.0947. The Morgan fingerprint density at radius 1 is 1.26 bits per heavy atom. The molecule has 4 nitrogen and oxygen atoms in total. The minimum atomic E-state index is 0.0947. The molecule has 0 spiro atoms. The lowest BCUT2D eigenvalue weighted by atomic mass is 9.84. The van der Waals surface area contributed by atoms with Crippen LogP contribution >= 0.6 is 0 Å². The molecule has 1 aliphatic heterocycles. The van der Waals surface area contributed by atoms with E-state index in [4.69, 9.17) is 0 Å². The van der Waals surface area contributed by atoms with E-state index < -0.39 is 0 Å². The van der Waals surface area contributed by atoms with E-state index in [1.54, 1.807) is 0 Å². The fraction of sp³-hybridized carbons (Fsp3) is 0.667. The van der Waals surface area contributed by atoms with Crippen LogP contribution in [0.15, 0.2) is 12.4 Å². The minimum Gasteiger partial charge on any atom is -0.342 e. The summed E-state index contributed by atoms with van der Waals surface area (Å²) < 4.78 is 0. The first-order valence-electron chi connectivity index (χ1n) is 7.12. The third kappa shape index (κ3) is 3.31. The van der Waals surface area contributed by atoms with Crippen LogP contribution in [-0.2, 0) is 16.6 Å². The molecule has 0 atom stereocenters. The third-order valence-electron chi connectivity index (χ3n) is 4.14. The molecule has 1 fully saturated rings. The molecule has 1 amide bonds. The van der Waals surface area contributed by atoms with E-state index in [1.807, 2.05) is 17.3 Å². The zero-order valence-electron chi connectivity index (χ0n) is 12.1. The van der Waals surface area contributed by atoms with Crippen molar-refractivity contribution in [2.75, 3.05) is 13.1 Å². The van der Waals surface area contributed by atoms with Gasteiger partial charge in [-0.1, -0.05) is 20.8 Å². The Morgan fingerprint density at radius 3 is 2.37 bits per heavy atom. The number of carbonyl (C=O) groups excluding carboxylic acids is 1. The summed E-state index contributed by atoms with van der Waals surface area (Å²) >= 11 is 0. The summed E-state index contributed by atoms with van der Waals surface area (Å²) in [5, 5.41) is 0. The maximum Gasteiger partial charge on any atom is 0.230 e. The Kier molecular flexibility index (Phi) is 4.17. The predicted octanol–water partition coefficient (Wildman–Crippen LogP) is 2.33. The topological polar surface area (TPSA) is 46.1 Å². The van der Waals surface area contributed by atoms with Crippen molar-refractivity contribution in [1.82, 2.24) is 14.9 Å². The molecule has 0 radical (unpaired) electrons. The Bertz CT molecular complexity index is 433. The molecular weight excluding hydrogens is 238 g/mol. The van der Waals surface area contributed by atoms with Gasteiger partial charge in [-0.15, -0.1) is 0 Å². The van der Waals surface area contributed by atoms with Gasteiger partial charge in [0.25, 0.3) is 0 Å². The van der Waals surface area contributed by atoms with Crippen LogP contribution in [0.3, 0.4) is 0 Å². The second-order valence-corrected chi connectivity index (χ2v) is 5.89. The normalized spacial score (nSPS) is 15.8. The number of hydrogen-bond donors (Lipinski definition) is 0. The van der Waals surface area contributed by atoms with Crippen molar-refractivity contribution in [2.45, 2.75) is 51.9 Å². The van der Waals surface area contributed by atoms with Crippen molar-refractivity contribution in [3.8, 4) is 0 Å². The first-order valence-corrected chi connectivity index (χ1v) is 7.12. The monoisotopic (exact) mass is 261 g/mol. The molecule has 0 aliphatic carbocycles. The van der Waals surface area contributed by atoms with Crippen molar-refractivity contribution in [3.63, 3.8) is 0 Å². The van der Waals surface area contributed by atoms with Gasteiger partial charge in [0.05, 0.1) is 6.42 Å². The number of aromatic nitrogens is 2. The molecule has 0 bridgehead atoms. The summed E-state index contributed by atoms with van der Waals surface area (Å²) in [7, 11) is 0. The SMILES string of the molecule is CCC(C)(C)c1cnc(CC(=O)N2CCCC2)nc1. The first kappa shape index (κ1) is 14.0. The molecule has 2 heterocycles. The van der Waals surface area contributed by atoms with Crippen LogP contribution < -0.4 is 0 Å². The largest absolute Gasteiger partial charge is 0.342 e. The van der Waals surface area contributed by atoms with Gasteiger partial charge in [0.15, 0.2) is 0 Å². The van der Waals surface area contributed by atoms with Gasteiger partial charge in [-0.3, -0.25) is 4.79 Å². The average molecular weight is 261 g/mol. The van der Waals surface area contributed by atoms with Crippen LogP contribution in [0.1, 0.15) is 51.4 Å². The van der Waals surface area contributed by atoms with E-state index in [2.05, 4.69) is 30.7 Å². The fourth-order valence-electron chi connectivity index (χ4n) is 2.21. The van der Waals surface area contributed by atoms with Gasteiger partial charge >= 0.3 is 0 Å². The van der Waals surface area contributed by atoms with Crippen molar-refractivity contribution in [2.24, 2.45) is 0 Å². The van der Waals surface area contributed by atoms with Gasteiger partial charge in [0.2, 0.25) is 5.91 Å². The summed E-state index contributed by atoms with van der Waals surface area (Å²) in [6.45, 7) is 8.30. The zero-order valence-corrected chi connectivity index (χ0v) is 12.1. The van der Waals surface area contributed by atoms with Crippen LogP contribution in [0.25, 0.3) is 0 Å². The number of hydrogen-bond acceptors (Lipinski definition) is 3. The summed E-state index contributed by atoms with van der Waals surface area (Å²) in [5.41, 5.74) is 1.23. The van der Waals surface area contributed by atoms with Crippen LogP contribution in [0.5, 0.6) is 0 Å². The lowest BCUT2D eigenvalue weighted by molar-refractivity contribution is -0.129. The zero-order chi connectivity index (χ0) is 13.9. The van der Waals surface area contributed by atoms with E-state index in [0.717, 1.165) is 37.9 Å². The molecule has 104 valence electrons. The van der Waals surface area contributed by atoms with Gasteiger partial charge < -0.3 is 4.90 Å². The van der Waals surface area contributed by atoms with Gasteiger partial charge in [0, 0.05) is 25.5 Å². The number of amides is 1. The van der Waals surface area contributed by atoms with Gasteiger partial charge in [-0.25, -0.2) is 9.97 Å². The molecule has 0 saturated carbocycles. The maximum absolute atomic E-state index is 12.0. The molecule has 1 aromatic rings. The smallest absolute Gasteiger partial charge is 0.230 e. The summed E-state index contributed by atoms with van der Waals surface area (Å²) in [5.74, 6) is 0.785. The van der Waals surface area contributed by atoms with E-state index in [9.17, 15) is 4.79 Å². The van der Waals surface area contributed by atoms with Crippen LogP contribution in [0.4, 0.5) is 0 Å². The molecule has 0 aromatic carbocycles. The van der Waals surface area contributed by atoms with Crippen molar-refractivity contribution in [3.05, 3.63) is 23.8 Å². The Hall–Kier alpha value is -1.45. The second-order valence-electron chi connectivity index (χ2n) is 5.89. The highest BCUT2D eigenvalue weighted by Crippen LogP contribution is 2.25. The number of likely N-dealkylation sites (tertiary alicyclic amines) is 1. The van der Waals surface area contributed by atoms with E-state index in [-0.39, 0.29) is 11.3 Å².